The van der Waals surface area contributed by atoms with Crippen molar-refractivity contribution in [1.29, 1.82) is 0 Å². The minimum absolute atomic E-state index is 0.141. The van der Waals surface area contributed by atoms with Crippen molar-refractivity contribution in [3.8, 4) is 0 Å². The highest BCUT2D eigenvalue weighted by molar-refractivity contribution is 6.31. The molecule has 2 aromatic rings. The molecule has 1 amide bonds. The molecular formula is C18H19ClN2O2. The molecule has 0 spiro atoms. The first-order chi connectivity index (χ1) is 11.0. The number of hydrogen-bond donors (Lipinski definition) is 1. The van der Waals surface area contributed by atoms with Crippen LogP contribution in [-0.2, 0) is 4.79 Å². The van der Waals surface area contributed by atoms with Gasteiger partial charge >= 0.3 is 0 Å². The number of hydrogen-bond acceptors (Lipinski definition) is 3. The highest BCUT2D eigenvalue weighted by Crippen LogP contribution is 2.32. The van der Waals surface area contributed by atoms with Crippen LogP contribution in [0.3, 0.4) is 0 Å². The summed E-state index contributed by atoms with van der Waals surface area (Å²) >= 11 is 5.98. The van der Waals surface area contributed by atoms with Crippen LogP contribution in [0.15, 0.2) is 36.4 Å². The number of aromatic nitrogens is 1. The van der Waals surface area contributed by atoms with E-state index in [-0.39, 0.29) is 5.91 Å². The van der Waals surface area contributed by atoms with E-state index < -0.39 is 6.10 Å². The summed E-state index contributed by atoms with van der Waals surface area (Å²) in [5.74, 6) is 0.221. The first-order valence-corrected chi connectivity index (χ1v) is 8.08. The van der Waals surface area contributed by atoms with Gasteiger partial charge in [0.05, 0.1) is 17.3 Å². The number of carbonyl (C=O) groups excluding carboxylic acids is 1. The SMILES string of the molecule is CN(CC(O)C1CC1)C(=O)/C=C/c1ccc2ccc(Cl)cc2n1. The number of rotatable bonds is 5. The number of benzene rings is 1. The standard InChI is InChI=1S/C18H19ClN2O2/c1-21(11-17(22)13-2-3-13)18(23)9-8-15-7-5-12-4-6-14(19)10-16(12)20-15/h4-10,13,17,22H,2-3,11H2,1H3/b9-8+. The minimum atomic E-state index is -0.418. The van der Waals surface area contributed by atoms with Gasteiger partial charge in [-0.3, -0.25) is 4.79 Å². The number of fused-ring (bicyclic) bond motifs is 1. The van der Waals surface area contributed by atoms with E-state index in [1.54, 1.807) is 19.2 Å². The number of aliphatic hydroxyl groups excluding tert-OH is 1. The Bertz CT molecular complexity index is 756. The zero-order valence-corrected chi connectivity index (χ0v) is 13.7. The summed E-state index contributed by atoms with van der Waals surface area (Å²) in [4.78, 5) is 18.1. The molecule has 5 heteroatoms. The van der Waals surface area contributed by atoms with Gasteiger partial charge in [0.1, 0.15) is 0 Å². The second-order valence-corrected chi connectivity index (χ2v) is 6.47. The van der Waals surface area contributed by atoms with E-state index in [9.17, 15) is 9.90 Å². The predicted molar refractivity (Wildman–Crippen MR) is 92.2 cm³/mol. The Hall–Kier alpha value is -1.91. The van der Waals surface area contributed by atoms with Crippen LogP contribution in [0.2, 0.25) is 5.02 Å². The van der Waals surface area contributed by atoms with E-state index in [0.717, 1.165) is 23.7 Å². The van der Waals surface area contributed by atoms with Gasteiger partial charge in [0.2, 0.25) is 5.91 Å². The molecule has 1 aliphatic rings. The number of carbonyl (C=O) groups is 1. The van der Waals surface area contributed by atoms with Gasteiger partial charge in [-0.25, -0.2) is 4.98 Å². The van der Waals surface area contributed by atoms with Crippen LogP contribution in [0.5, 0.6) is 0 Å². The smallest absolute Gasteiger partial charge is 0.246 e. The highest BCUT2D eigenvalue weighted by Gasteiger charge is 2.30. The second-order valence-electron chi connectivity index (χ2n) is 6.03. The summed E-state index contributed by atoms with van der Waals surface area (Å²) in [5.41, 5.74) is 1.49. The lowest BCUT2D eigenvalue weighted by Crippen LogP contribution is -2.34. The van der Waals surface area contributed by atoms with Gasteiger partial charge in [0, 0.05) is 30.1 Å². The van der Waals surface area contributed by atoms with Crippen molar-refractivity contribution in [2.24, 2.45) is 5.92 Å². The van der Waals surface area contributed by atoms with Gasteiger partial charge in [-0.2, -0.15) is 0 Å². The predicted octanol–water partition coefficient (Wildman–Crippen LogP) is 3.13. The summed E-state index contributed by atoms with van der Waals surface area (Å²) in [6.07, 6.45) is 4.87. The number of halogens is 1. The molecule has 1 aromatic heterocycles. The molecule has 1 saturated carbocycles. The van der Waals surface area contributed by atoms with Crippen LogP contribution in [0.25, 0.3) is 17.0 Å². The summed E-state index contributed by atoms with van der Waals surface area (Å²) in [7, 11) is 1.70. The maximum absolute atomic E-state index is 12.1. The summed E-state index contributed by atoms with van der Waals surface area (Å²) in [5, 5.41) is 11.5. The molecule has 1 fully saturated rings. The lowest BCUT2D eigenvalue weighted by molar-refractivity contribution is -0.126. The normalized spacial score (nSPS) is 16.0. The summed E-state index contributed by atoms with van der Waals surface area (Å²) < 4.78 is 0. The van der Waals surface area contributed by atoms with Crippen molar-refractivity contribution in [2.75, 3.05) is 13.6 Å². The Morgan fingerprint density at radius 1 is 1.43 bits per heavy atom. The van der Waals surface area contributed by atoms with E-state index in [4.69, 9.17) is 11.6 Å². The zero-order valence-electron chi connectivity index (χ0n) is 12.9. The molecule has 4 nitrogen and oxygen atoms in total. The van der Waals surface area contributed by atoms with Crippen LogP contribution in [0.1, 0.15) is 18.5 Å². The molecule has 0 bridgehead atoms. The minimum Gasteiger partial charge on any atom is -0.391 e. The number of aliphatic hydroxyl groups is 1. The van der Waals surface area contributed by atoms with Gasteiger partial charge in [-0.15, -0.1) is 0 Å². The van der Waals surface area contributed by atoms with E-state index in [1.165, 1.54) is 11.0 Å². The lowest BCUT2D eigenvalue weighted by Gasteiger charge is -2.19. The molecule has 1 aliphatic carbocycles. The molecule has 1 N–H and O–H groups in total. The van der Waals surface area contributed by atoms with Crippen LogP contribution in [0.4, 0.5) is 0 Å². The fraction of sp³-hybridized carbons (Fsp3) is 0.333. The van der Waals surface area contributed by atoms with Crippen LogP contribution >= 0.6 is 11.6 Å². The van der Waals surface area contributed by atoms with Gasteiger partial charge in [0.15, 0.2) is 0 Å². The second kappa shape index (κ2) is 6.69. The van der Waals surface area contributed by atoms with Crippen molar-refractivity contribution < 1.29 is 9.90 Å². The van der Waals surface area contributed by atoms with Gasteiger partial charge in [-0.05, 0) is 43.0 Å². The number of nitrogens with zero attached hydrogens (tertiary/aromatic N) is 2. The number of likely N-dealkylation sites (N-methyl/N-ethyl adjacent to an activating group) is 1. The molecule has 120 valence electrons. The average molecular weight is 331 g/mol. The van der Waals surface area contributed by atoms with Crippen LogP contribution in [-0.4, -0.2) is 40.6 Å². The van der Waals surface area contributed by atoms with E-state index >= 15 is 0 Å². The Morgan fingerprint density at radius 3 is 2.91 bits per heavy atom. The summed E-state index contributed by atoms with van der Waals surface area (Å²) in [6.45, 7) is 0.370. The molecule has 1 unspecified atom stereocenters. The Balaban J connectivity index is 1.67. The fourth-order valence-corrected chi connectivity index (χ4v) is 2.65. The Labute approximate surface area is 140 Å². The molecule has 0 saturated heterocycles. The molecule has 23 heavy (non-hydrogen) atoms. The number of amides is 1. The monoisotopic (exact) mass is 330 g/mol. The van der Waals surface area contributed by atoms with E-state index in [1.807, 2.05) is 24.3 Å². The largest absolute Gasteiger partial charge is 0.391 e. The summed E-state index contributed by atoms with van der Waals surface area (Å²) in [6, 6.07) is 9.34. The molecule has 1 heterocycles. The third-order valence-corrected chi connectivity index (χ3v) is 4.31. The van der Waals surface area contributed by atoms with Crippen LogP contribution in [0, 0.1) is 5.92 Å². The van der Waals surface area contributed by atoms with Crippen molar-refractivity contribution in [2.45, 2.75) is 18.9 Å². The molecule has 1 atom stereocenters. The third-order valence-electron chi connectivity index (χ3n) is 4.08. The quantitative estimate of drug-likeness (QED) is 0.857. The highest BCUT2D eigenvalue weighted by atomic mass is 35.5. The van der Waals surface area contributed by atoms with Crippen LogP contribution < -0.4 is 0 Å². The molecule has 0 radical (unpaired) electrons. The number of pyridine rings is 1. The fourth-order valence-electron chi connectivity index (χ4n) is 2.48. The first-order valence-electron chi connectivity index (χ1n) is 7.70. The van der Waals surface area contributed by atoms with Gasteiger partial charge in [0.25, 0.3) is 0 Å². The van der Waals surface area contributed by atoms with Crippen molar-refractivity contribution in [3.05, 3.63) is 47.1 Å². The van der Waals surface area contributed by atoms with Gasteiger partial charge in [-0.1, -0.05) is 23.7 Å². The Morgan fingerprint density at radius 2 is 2.17 bits per heavy atom. The molecule has 0 aliphatic heterocycles. The zero-order chi connectivity index (χ0) is 16.4. The van der Waals surface area contributed by atoms with Gasteiger partial charge < -0.3 is 10.0 Å². The van der Waals surface area contributed by atoms with Crippen molar-refractivity contribution in [3.63, 3.8) is 0 Å². The Kier molecular flexibility index (Phi) is 4.64. The molecule has 1 aromatic carbocycles. The average Bonchev–Trinajstić information content (AvgIpc) is 3.36. The van der Waals surface area contributed by atoms with E-state index in [0.29, 0.717) is 23.2 Å². The molecule has 3 rings (SSSR count). The maximum Gasteiger partial charge on any atom is 0.246 e. The lowest BCUT2D eigenvalue weighted by atomic mass is 10.2. The third kappa shape index (κ3) is 4.09. The first kappa shape index (κ1) is 16.0. The maximum atomic E-state index is 12.1. The van der Waals surface area contributed by atoms with Crippen molar-refractivity contribution >= 4 is 34.5 Å². The molecular weight excluding hydrogens is 312 g/mol. The van der Waals surface area contributed by atoms with Crippen molar-refractivity contribution in [1.82, 2.24) is 9.88 Å². The topological polar surface area (TPSA) is 53.4 Å². The van der Waals surface area contributed by atoms with E-state index in [2.05, 4.69) is 4.98 Å².